The van der Waals surface area contributed by atoms with Crippen molar-refractivity contribution < 1.29 is 0 Å². The number of benzene rings is 1. The molecule has 3 rings (SSSR count). The minimum absolute atomic E-state index is 0.703. The number of halogens is 1. The highest BCUT2D eigenvalue weighted by atomic mass is 35.5. The van der Waals surface area contributed by atoms with Crippen LogP contribution in [0.4, 0.5) is 5.69 Å². The van der Waals surface area contributed by atoms with Gasteiger partial charge in [0.05, 0.1) is 23.8 Å². The number of fused-ring (bicyclic) bond motifs is 1. The van der Waals surface area contributed by atoms with Crippen molar-refractivity contribution in [2.45, 2.75) is 6.92 Å². The van der Waals surface area contributed by atoms with Gasteiger partial charge in [0.2, 0.25) is 0 Å². The van der Waals surface area contributed by atoms with Crippen LogP contribution in [0.25, 0.3) is 16.8 Å². The van der Waals surface area contributed by atoms with Crippen molar-refractivity contribution in [3.05, 3.63) is 47.4 Å². The molecule has 96 valence electrons. The van der Waals surface area contributed by atoms with E-state index in [0.29, 0.717) is 5.02 Å². The van der Waals surface area contributed by atoms with Gasteiger partial charge in [-0.2, -0.15) is 5.10 Å². The van der Waals surface area contributed by atoms with Crippen molar-refractivity contribution in [2.75, 3.05) is 12.4 Å². The van der Waals surface area contributed by atoms with Crippen molar-refractivity contribution in [1.82, 2.24) is 14.6 Å². The molecular weight excluding hydrogens is 260 g/mol. The third-order valence-corrected chi connectivity index (χ3v) is 3.45. The molecule has 0 aliphatic rings. The first-order valence-corrected chi connectivity index (χ1v) is 6.36. The molecular formula is C14H13ClN4. The van der Waals surface area contributed by atoms with Crippen LogP contribution in [0.3, 0.4) is 0 Å². The molecule has 4 nitrogen and oxygen atoms in total. The van der Waals surface area contributed by atoms with E-state index in [9.17, 15) is 0 Å². The molecule has 0 fully saturated rings. The summed E-state index contributed by atoms with van der Waals surface area (Å²) in [5, 5.41) is 8.14. The summed E-state index contributed by atoms with van der Waals surface area (Å²) in [6.07, 6.45) is 3.72. The summed E-state index contributed by atoms with van der Waals surface area (Å²) in [5.74, 6) is 0. The van der Waals surface area contributed by atoms with E-state index in [1.165, 1.54) is 0 Å². The maximum absolute atomic E-state index is 6.24. The van der Waals surface area contributed by atoms with Crippen LogP contribution in [-0.2, 0) is 0 Å². The van der Waals surface area contributed by atoms with E-state index >= 15 is 0 Å². The number of aromatic nitrogens is 3. The Labute approximate surface area is 116 Å². The zero-order valence-electron chi connectivity index (χ0n) is 10.7. The Hall–Kier alpha value is -2.07. The SMILES string of the molecule is CNc1cn2ncc(-c3ccccc3Cl)c2nc1C. The molecule has 1 N–H and O–H groups in total. The maximum atomic E-state index is 6.24. The molecule has 0 spiro atoms. The minimum Gasteiger partial charge on any atom is -0.385 e. The molecule has 0 amide bonds. The van der Waals surface area contributed by atoms with E-state index in [4.69, 9.17) is 11.6 Å². The van der Waals surface area contributed by atoms with Gasteiger partial charge in [-0.05, 0) is 13.0 Å². The van der Waals surface area contributed by atoms with Crippen LogP contribution < -0.4 is 5.32 Å². The van der Waals surface area contributed by atoms with Gasteiger partial charge in [0, 0.05) is 23.2 Å². The highest BCUT2D eigenvalue weighted by molar-refractivity contribution is 6.33. The smallest absolute Gasteiger partial charge is 0.163 e. The predicted molar refractivity (Wildman–Crippen MR) is 77.7 cm³/mol. The monoisotopic (exact) mass is 272 g/mol. The van der Waals surface area contributed by atoms with Gasteiger partial charge in [0.25, 0.3) is 0 Å². The van der Waals surface area contributed by atoms with Gasteiger partial charge in [-0.25, -0.2) is 9.50 Å². The first kappa shape index (κ1) is 12.0. The van der Waals surface area contributed by atoms with Crippen LogP contribution in [0, 0.1) is 6.92 Å². The van der Waals surface area contributed by atoms with Crippen LogP contribution in [-0.4, -0.2) is 21.6 Å². The zero-order valence-corrected chi connectivity index (χ0v) is 11.4. The Morgan fingerprint density at radius 1 is 1.21 bits per heavy atom. The van der Waals surface area contributed by atoms with Crippen molar-refractivity contribution in [1.29, 1.82) is 0 Å². The highest BCUT2D eigenvalue weighted by Crippen LogP contribution is 2.30. The van der Waals surface area contributed by atoms with Crippen LogP contribution in [0.15, 0.2) is 36.7 Å². The number of hydrogen-bond donors (Lipinski definition) is 1. The van der Waals surface area contributed by atoms with Gasteiger partial charge in [-0.1, -0.05) is 29.8 Å². The average Bonchev–Trinajstić information content (AvgIpc) is 2.81. The van der Waals surface area contributed by atoms with E-state index in [1.54, 1.807) is 10.7 Å². The third kappa shape index (κ3) is 1.94. The Balaban J connectivity index is 2.27. The number of hydrogen-bond acceptors (Lipinski definition) is 3. The largest absolute Gasteiger partial charge is 0.385 e. The Morgan fingerprint density at radius 2 is 2.00 bits per heavy atom. The van der Waals surface area contributed by atoms with E-state index in [2.05, 4.69) is 15.4 Å². The summed E-state index contributed by atoms with van der Waals surface area (Å²) in [6.45, 7) is 1.97. The summed E-state index contributed by atoms with van der Waals surface area (Å²) >= 11 is 6.24. The minimum atomic E-state index is 0.703. The molecule has 0 aliphatic heterocycles. The molecule has 0 saturated carbocycles. The second kappa shape index (κ2) is 4.55. The summed E-state index contributed by atoms with van der Waals surface area (Å²) in [7, 11) is 1.87. The molecule has 5 heteroatoms. The molecule has 0 unspecified atom stereocenters. The van der Waals surface area contributed by atoms with Gasteiger partial charge >= 0.3 is 0 Å². The Bertz CT molecular complexity index is 748. The number of rotatable bonds is 2. The van der Waals surface area contributed by atoms with E-state index in [0.717, 1.165) is 28.2 Å². The maximum Gasteiger partial charge on any atom is 0.163 e. The number of nitrogens with zero attached hydrogens (tertiary/aromatic N) is 3. The second-order valence-electron chi connectivity index (χ2n) is 4.30. The summed E-state index contributed by atoms with van der Waals surface area (Å²) in [6, 6.07) is 7.71. The van der Waals surface area contributed by atoms with Crippen molar-refractivity contribution in [2.24, 2.45) is 0 Å². The first-order valence-electron chi connectivity index (χ1n) is 5.98. The molecule has 1 aromatic carbocycles. The summed E-state index contributed by atoms with van der Waals surface area (Å²) < 4.78 is 1.76. The molecule has 0 atom stereocenters. The standard InChI is InChI=1S/C14H13ClN4/c1-9-13(16-2)8-19-14(18-9)11(7-17-19)10-5-3-4-6-12(10)15/h3-8,16H,1-2H3. The lowest BCUT2D eigenvalue weighted by atomic mass is 10.1. The Morgan fingerprint density at radius 3 is 2.74 bits per heavy atom. The lowest BCUT2D eigenvalue weighted by Gasteiger charge is -2.06. The molecule has 0 saturated heterocycles. The second-order valence-corrected chi connectivity index (χ2v) is 4.70. The van der Waals surface area contributed by atoms with Crippen molar-refractivity contribution >= 4 is 22.9 Å². The molecule has 0 aliphatic carbocycles. The van der Waals surface area contributed by atoms with E-state index in [-0.39, 0.29) is 0 Å². The van der Waals surface area contributed by atoms with E-state index < -0.39 is 0 Å². The van der Waals surface area contributed by atoms with Crippen LogP contribution in [0.1, 0.15) is 5.69 Å². The lowest BCUT2D eigenvalue weighted by molar-refractivity contribution is 0.931. The Kier molecular flexibility index (Phi) is 2.87. The molecule has 19 heavy (non-hydrogen) atoms. The van der Waals surface area contributed by atoms with Gasteiger partial charge < -0.3 is 5.32 Å². The topological polar surface area (TPSA) is 42.2 Å². The molecule has 0 radical (unpaired) electrons. The van der Waals surface area contributed by atoms with Crippen molar-refractivity contribution in [3.8, 4) is 11.1 Å². The van der Waals surface area contributed by atoms with Crippen molar-refractivity contribution in [3.63, 3.8) is 0 Å². The van der Waals surface area contributed by atoms with Crippen LogP contribution in [0.2, 0.25) is 5.02 Å². The summed E-state index contributed by atoms with van der Waals surface area (Å²) in [5.41, 5.74) is 4.59. The molecule has 0 bridgehead atoms. The average molecular weight is 273 g/mol. The van der Waals surface area contributed by atoms with Gasteiger partial charge in [-0.15, -0.1) is 0 Å². The highest BCUT2D eigenvalue weighted by Gasteiger charge is 2.12. The van der Waals surface area contributed by atoms with Gasteiger partial charge in [0.15, 0.2) is 5.65 Å². The quantitative estimate of drug-likeness (QED) is 0.777. The predicted octanol–water partition coefficient (Wildman–Crippen LogP) is 3.40. The normalized spacial score (nSPS) is 10.9. The zero-order chi connectivity index (χ0) is 13.4. The van der Waals surface area contributed by atoms with Gasteiger partial charge in [0.1, 0.15) is 0 Å². The number of aryl methyl sites for hydroxylation is 1. The number of anilines is 1. The fourth-order valence-electron chi connectivity index (χ4n) is 2.11. The number of nitrogens with one attached hydrogen (secondary N) is 1. The van der Waals surface area contributed by atoms with Crippen LogP contribution in [0.5, 0.6) is 0 Å². The third-order valence-electron chi connectivity index (χ3n) is 3.12. The summed E-state index contributed by atoms with van der Waals surface area (Å²) in [4.78, 5) is 4.60. The van der Waals surface area contributed by atoms with Crippen LogP contribution >= 0.6 is 11.6 Å². The fraction of sp³-hybridized carbons (Fsp3) is 0.143. The molecule has 2 aromatic heterocycles. The van der Waals surface area contributed by atoms with E-state index in [1.807, 2.05) is 44.4 Å². The lowest BCUT2D eigenvalue weighted by Crippen LogP contribution is -1.99. The molecule has 2 heterocycles. The fourth-order valence-corrected chi connectivity index (χ4v) is 2.35. The molecule has 3 aromatic rings. The van der Waals surface area contributed by atoms with Gasteiger partial charge in [-0.3, -0.25) is 0 Å². The first-order chi connectivity index (χ1) is 9.20.